The van der Waals surface area contributed by atoms with Crippen LogP contribution in [0.2, 0.25) is 0 Å². The monoisotopic (exact) mass is 248 g/mol. The second-order valence-electron chi connectivity index (χ2n) is 4.80. The van der Waals surface area contributed by atoms with E-state index in [1.54, 1.807) is 0 Å². The van der Waals surface area contributed by atoms with E-state index in [0.29, 0.717) is 5.56 Å². The van der Waals surface area contributed by atoms with Crippen molar-refractivity contribution in [3.05, 3.63) is 29.3 Å². The average molecular weight is 248 g/mol. The number of carbonyl (C=O) groups excluding carboxylic acids is 1. The highest BCUT2D eigenvalue weighted by Crippen LogP contribution is 2.23. The molecule has 0 aliphatic carbocycles. The maximum atomic E-state index is 11.8. The second-order valence-corrected chi connectivity index (χ2v) is 4.80. The molecule has 4 nitrogen and oxygen atoms in total. The zero-order valence-corrected chi connectivity index (χ0v) is 11.3. The van der Waals surface area contributed by atoms with Crippen LogP contribution in [0.25, 0.3) is 0 Å². The van der Waals surface area contributed by atoms with Gasteiger partial charge in [0.15, 0.2) is 0 Å². The number of nitrogens with zero attached hydrogens (tertiary/aromatic N) is 2. The van der Waals surface area contributed by atoms with Gasteiger partial charge in [0.05, 0.1) is 18.4 Å². The maximum absolute atomic E-state index is 11.8. The van der Waals surface area contributed by atoms with E-state index < -0.39 is 0 Å². The van der Waals surface area contributed by atoms with Gasteiger partial charge >= 0.3 is 5.97 Å². The number of ether oxygens (including phenoxy) is 1. The molecule has 4 heteroatoms. The highest BCUT2D eigenvalue weighted by molar-refractivity contribution is 5.96. The van der Waals surface area contributed by atoms with E-state index in [9.17, 15) is 4.79 Å². The van der Waals surface area contributed by atoms with E-state index in [2.05, 4.69) is 16.8 Å². The van der Waals surface area contributed by atoms with Gasteiger partial charge in [0.2, 0.25) is 0 Å². The fourth-order valence-electron chi connectivity index (χ4n) is 2.25. The lowest BCUT2D eigenvalue weighted by Gasteiger charge is -2.34. The Morgan fingerprint density at radius 2 is 1.89 bits per heavy atom. The summed E-state index contributed by atoms with van der Waals surface area (Å²) in [5.41, 5.74) is 2.73. The standard InChI is InChI=1S/C14H20N2O2/c1-11-4-5-13(12(10-11)14(17)18-3)16-8-6-15(2)7-9-16/h4-5,10H,6-9H2,1-3H3. The molecule has 1 aromatic carbocycles. The fraction of sp³-hybridized carbons (Fsp3) is 0.500. The predicted molar refractivity (Wildman–Crippen MR) is 72.2 cm³/mol. The number of hydrogen-bond donors (Lipinski definition) is 0. The van der Waals surface area contributed by atoms with E-state index in [1.807, 2.05) is 25.1 Å². The lowest BCUT2D eigenvalue weighted by Crippen LogP contribution is -2.45. The molecular weight excluding hydrogens is 228 g/mol. The minimum Gasteiger partial charge on any atom is -0.465 e. The van der Waals surface area contributed by atoms with Crippen molar-refractivity contribution in [2.75, 3.05) is 45.2 Å². The molecule has 1 heterocycles. The van der Waals surface area contributed by atoms with Crippen LogP contribution in [-0.4, -0.2) is 51.2 Å². The Hall–Kier alpha value is -1.55. The molecule has 1 saturated heterocycles. The average Bonchev–Trinajstić information content (AvgIpc) is 2.39. The van der Waals surface area contributed by atoms with Crippen molar-refractivity contribution in [2.24, 2.45) is 0 Å². The molecule has 0 bridgehead atoms. The molecule has 2 rings (SSSR count). The first kappa shape index (κ1) is 12.9. The van der Waals surface area contributed by atoms with Crippen molar-refractivity contribution >= 4 is 11.7 Å². The van der Waals surface area contributed by atoms with Crippen LogP contribution in [0.15, 0.2) is 18.2 Å². The van der Waals surface area contributed by atoms with E-state index in [-0.39, 0.29) is 5.97 Å². The molecule has 1 fully saturated rings. The molecule has 0 spiro atoms. The number of aryl methyl sites for hydroxylation is 1. The Morgan fingerprint density at radius 1 is 1.22 bits per heavy atom. The SMILES string of the molecule is COC(=O)c1cc(C)ccc1N1CCN(C)CC1. The number of rotatable bonds is 2. The third-order valence-electron chi connectivity index (χ3n) is 3.40. The summed E-state index contributed by atoms with van der Waals surface area (Å²) >= 11 is 0. The summed E-state index contributed by atoms with van der Waals surface area (Å²) in [6.45, 7) is 5.93. The maximum Gasteiger partial charge on any atom is 0.339 e. The minimum atomic E-state index is -0.257. The summed E-state index contributed by atoms with van der Waals surface area (Å²) in [7, 11) is 3.55. The molecule has 1 aliphatic heterocycles. The van der Waals surface area contributed by atoms with Gasteiger partial charge in [-0.1, -0.05) is 11.6 Å². The van der Waals surface area contributed by atoms with Crippen LogP contribution in [0.4, 0.5) is 5.69 Å². The number of esters is 1. The van der Waals surface area contributed by atoms with Gasteiger partial charge in [0.1, 0.15) is 0 Å². The number of hydrogen-bond acceptors (Lipinski definition) is 4. The van der Waals surface area contributed by atoms with Crippen LogP contribution in [0.1, 0.15) is 15.9 Å². The molecule has 0 unspecified atom stereocenters. The van der Waals surface area contributed by atoms with Gasteiger partial charge in [-0.15, -0.1) is 0 Å². The quantitative estimate of drug-likeness (QED) is 0.743. The van der Waals surface area contributed by atoms with Crippen LogP contribution in [-0.2, 0) is 4.74 Å². The Labute approximate surface area is 108 Å². The van der Waals surface area contributed by atoms with Crippen LogP contribution in [0.5, 0.6) is 0 Å². The van der Waals surface area contributed by atoms with Crippen molar-refractivity contribution in [3.8, 4) is 0 Å². The van der Waals surface area contributed by atoms with Crippen LogP contribution in [0.3, 0.4) is 0 Å². The van der Waals surface area contributed by atoms with E-state index >= 15 is 0 Å². The van der Waals surface area contributed by atoms with Crippen molar-refractivity contribution in [1.29, 1.82) is 0 Å². The zero-order valence-electron chi connectivity index (χ0n) is 11.3. The molecule has 0 amide bonds. The van der Waals surface area contributed by atoms with Crippen molar-refractivity contribution in [1.82, 2.24) is 4.90 Å². The Kier molecular flexibility index (Phi) is 3.87. The molecule has 0 N–H and O–H groups in total. The summed E-state index contributed by atoms with van der Waals surface area (Å²) in [5, 5.41) is 0. The van der Waals surface area contributed by atoms with Gasteiger partial charge in [-0.3, -0.25) is 0 Å². The van der Waals surface area contributed by atoms with Gasteiger partial charge in [-0.2, -0.15) is 0 Å². The van der Waals surface area contributed by atoms with E-state index in [4.69, 9.17) is 4.74 Å². The molecule has 18 heavy (non-hydrogen) atoms. The highest BCUT2D eigenvalue weighted by atomic mass is 16.5. The molecule has 1 aromatic rings. The Morgan fingerprint density at radius 3 is 2.50 bits per heavy atom. The normalized spacial score (nSPS) is 16.7. The van der Waals surface area contributed by atoms with Crippen LogP contribution >= 0.6 is 0 Å². The van der Waals surface area contributed by atoms with E-state index in [1.165, 1.54) is 7.11 Å². The third-order valence-corrected chi connectivity index (χ3v) is 3.40. The van der Waals surface area contributed by atoms with Crippen molar-refractivity contribution in [3.63, 3.8) is 0 Å². The first-order valence-electron chi connectivity index (χ1n) is 6.24. The van der Waals surface area contributed by atoms with Gasteiger partial charge in [0.25, 0.3) is 0 Å². The van der Waals surface area contributed by atoms with Crippen LogP contribution < -0.4 is 4.90 Å². The number of methoxy groups -OCH3 is 1. The lowest BCUT2D eigenvalue weighted by molar-refractivity contribution is 0.0601. The number of piperazine rings is 1. The minimum absolute atomic E-state index is 0.257. The van der Waals surface area contributed by atoms with Gasteiger partial charge in [-0.05, 0) is 26.1 Å². The van der Waals surface area contributed by atoms with Crippen molar-refractivity contribution in [2.45, 2.75) is 6.92 Å². The van der Waals surface area contributed by atoms with Gasteiger partial charge in [0, 0.05) is 26.2 Å². The molecule has 98 valence electrons. The molecular formula is C14H20N2O2. The van der Waals surface area contributed by atoms with Gasteiger partial charge < -0.3 is 14.5 Å². The first-order valence-corrected chi connectivity index (χ1v) is 6.24. The summed E-state index contributed by atoms with van der Waals surface area (Å²) in [4.78, 5) is 16.4. The smallest absolute Gasteiger partial charge is 0.339 e. The first-order chi connectivity index (χ1) is 8.61. The Balaban J connectivity index is 2.29. The number of carbonyl (C=O) groups is 1. The summed E-state index contributed by atoms with van der Waals surface area (Å²) in [5.74, 6) is -0.257. The zero-order chi connectivity index (χ0) is 13.1. The van der Waals surface area contributed by atoms with Crippen LogP contribution in [0, 0.1) is 6.92 Å². The topological polar surface area (TPSA) is 32.8 Å². The number of likely N-dealkylation sites (N-methyl/N-ethyl adjacent to an activating group) is 1. The molecule has 0 aromatic heterocycles. The summed E-state index contributed by atoms with van der Waals surface area (Å²) in [6.07, 6.45) is 0. The van der Waals surface area contributed by atoms with Gasteiger partial charge in [-0.25, -0.2) is 4.79 Å². The summed E-state index contributed by atoms with van der Waals surface area (Å²) < 4.78 is 4.87. The lowest BCUT2D eigenvalue weighted by atomic mass is 10.1. The third kappa shape index (κ3) is 2.64. The highest BCUT2D eigenvalue weighted by Gasteiger charge is 2.20. The fourth-order valence-corrected chi connectivity index (χ4v) is 2.25. The van der Waals surface area contributed by atoms with E-state index in [0.717, 1.165) is 37.4 Å². The Bertz CT molecular complexity index is 437. The largest absolute Gasteiger partial charge is 0.465 e. The molecule has 1 aliphatic rings. The summed E-state index contributed by atoms with van der Waals surface area (Å²) in [6, 6.07) is 5.96. The number of benzene rings is 1. The molecule has 0 atom stereocenters. The molecule has 0 saturated carbocycles. The predicted octanol–water partition coefficient (Wildman–Crippen LogP) is 1.53. The number of anilines is 1. The second kappa shape index (κ2) is 5.40. The van der Waals surface area contributed by atoms with Crippen molar-refractivity contribution < 1.29 is 9.53 Å². The molecule has 0 radical (unpaired) electrons.